The number of hydrogen-bond donors (Lipinski definition) is 1. The van der Waals surface area contributed by atoms with Crippen LogP contribution in [0.1, 0.15) is 23.3 Å². The first-order chi connectivity index (χ1) is 10.3. The fraction of sp³-hybridized carbons (Fsp3) is 0.733. The lowest BCUT2D eigenvalue weighted by Crippen LogP contribution is -2.57. The van der Waals surface area contributed by atoms with Crippen molar-refractivity contribution in [3.63, 3.8) is 0 Å². The van der Waals surface area contributed by atoms with Gasteiger partial charge in [0.15, 0.2) is 0 Å². The molecule has 4 rings (SSSR count). The van der Waals surface area contributed by atoms with Crippen LogP contribution >= 0.6 is 0 Å². The molecule has 6 heteroatoms. The van der Waals surface area contributed by atoms with Gasteiger partial charge in [-0.2, -0.15) is 0 Å². The summed E-state index contributed by atoms with van der Waals surface area (Å²) in [5.74, 6) is 0.989. The van der Waals surface area contributed by atoms with E-state index >= 15 is 0 Å². The number of methoxy groups -OCH3 is 1. The zero-order chi connectivity index (χ0) is 14.7. The smallest absolute Gasteiger partial charge is 0.147 e. The van der Waals surface area contributed by atoms with Gasteiger partial charge >= 0.3 is 0 Å². The molecule has 1 aromatic heterocycles. The van der Waals surface area contributed by atoms with Gasteiger partial charge < -0.3 is 10.1 Å². The first-order valence-corrected chi connectivity index (χ1v) is 7.77. The van der Waals surface area contributed by atoms with Gasteiger partial charge in [-0.15, -0.1) is 0 Å². The third kappa shape index (κ3) is 3.58. The quantitative estimate of drug-likeness (QED) is 0.755. The second kappa shape index (κ2) is 6.79. The maximum atomic E-state index is 5.05. The van der Waals surface area contributed by atoms with Crippen molar-refractivity contribution in [3.05, 3.63) is 23.3 Å². The van der Waals surface area contributed by atoms with Crippen LogP contribution in [0.25, 0.3) is 0 Å². The molecule has 3 saturated heterocycles. The molecule has 3 aliphatic rings. The Labute approximate surface area is 126 Å². The van der Waals surface area contributed by atoms with Crippen LogP contribution in [-0.2, 0) is 11.3 Å². The Morgan fingerprint density at radius 2 is 2.10 bits per heavy atom. The minimum atomic E-state index is 0.366. The molecule has 1 aromatic rings. The molecule has 2 bridgehead atoms. The van der Waals surface area contributed by atoms with E-state index < -0.39 is 0 Å². The highest BCUT2D eigenvalue weighted by atomic mass is 16.5. The third-order valence-corrected chi connectivity index (χ3v) is 4.29. The van der Waals surface area contributed by atoms with Gasteiger partial charge in [0.05, 0.1) is 18.3 Å². The predicted molar refractivity (Wildman–Crippen MR) is 81.1 cm³/mol. The summed E-state index contributed by atoms with van der Waals surface area (Å²) in [6.07, 6.45) is 0. The maximum absolute atomic E-state index is 5.05. The molecular formula is C15H25N5O. The fourth-order valence-electron chi connectivity index (χ4n) is 3.15. The van der Waals surface area contributed by atoms with Gasteiger partial charge in [-0.05, 0) is 13.0 Å². The van der Waals surface area contributed by atoms with E-state index in [1.165, 1.54) is 13.1 Å². The zero-order valence-electron chi connectivity index (χ0n) is 13.0. The van der Waals surface area contributed by atoms with Crippen molar-refractivity contribution >= 4 is 0 Å². The molecule has 3 aliphatic heterocycles. The SMILES string of the molecule is COCCNCc1cc(C)nc(C2CN3CCN2CC3)n1. The number of rotatable bonds is 6. The monoisotopic (exact) mass is 291 g/mol. The lowest BCUT2D eigenvalue weighted by molar-refractivity contribution is 0.00849. The van der Waals surface area contributed by atoms with Gasteiger partial charge in [0.1, 0.15) is 5.82 Å². The van der Waals surface area contributed by atoms with Crippen molar-refractivity contribution in [2.24, 2.45) is 0 Å². The van der Waals surface area contributed by atoms with E-state index in [4.69, 9.17) is 9.72 Å². The molecular weight excluding hydrogens is 266 g/mol. The highest BCUT2D eigenvalue weighted by Crippen LogP contribution is 2.26. The number of ether oxygens (including phenoxy) is 1. The average molecular weight is 291 g/mol. The van der Waals surface area contributed by atoms with E-state index in [2.05, 4.69) is 33.1 Å². The number of piperazine rings is 3. The van der Waals surface area contributed by atoms with Crippen molar-refractivity contribution in [1.29, 1.82) is 0 Å². The van der Waals surface area contributed by atoms with E-state index in [1.807, 2.05) is 0 Å². The number of aromatic nitrogens is 2. The number of nitrogens with one attached hydrogen (secondary N) is 1. The number of aryl methyl sites for hydroxylation is 1. The van der Waals surface area contributed by atoms with Crippen LogP contribution in [-0.4, -0.2) is 72.8 Å². The predicted octanol–water partition coefficient (Wildman–Crippen LogP) is 0.193. The summed E-state index contributed by atoms with van der Waals surface area (Å²) >= 11 is 0. The molecule has 0 aromatic carbocycles. The zero-order valence-corrected chi connectivity index (χ0v) is 13.0. The Morgan fingerprint density at radius 1 is 1.29 bits per heavy atom. The van der Waals surface area contributed by atoms with Crippen molar-refractivity contribution in [2.45, 2.75) is 19.5 Å². The summed E-state index contributed by atoms with van der Waals surface area (Å²) in [7, 11) is 1.72. The summed E-state index contributed by atoms with van der Waals surface area (Å²) < 4.78 is 5.05. The van der Waals surface area contributed by atoms with E-state index in [-0.39, 0.29) is 0 Å². The molecule has 116 valence electrons. The highest BCUT2D eigenvalue weighted by molar-refractivity contribution is 5.13. The minimum absolute atomic E-state index is 0.366. The number of nitrogens with zero attached hydrogens (tertiary/aromatic N) is 4. The van der Waals surface area contributed by atoms with Crippen molar-refractivity contribution in [3.8, 4) is 0 Å². The molecule has 0 spiro atoms. The molecule has 3 fully saturated rings. The van der Waals surface area contributed by atoms with Crippen LogP contribution in [0.3, 0.4) is 0 Å². The van der Waals surface area contributed by atoms with E-state index in [0.717, 1.165) is 56.5 Å². The van der Waals surface area contributed by atoms with Gasteiger partial charge in [-0.25, -0.2) is 9.97 Å². The Morgan fingerprint density at radius 3 is 2.76 bits per heavy atom. The molecule has 0 aliphatic carbocycles. The van der Waals surface area contributed by atoms with Crippen molar-refractivity contribution < 1.29 is 4.74 Å². The molecule has 1 unspecified atom stereocenters. The van der Waals surface area contributed by atoms with Crippen LogP contribution in [0.15, 0.2) is 6.07 Å². The third-order valence-electron chi connectivity index (χ3n) is 4.29. The van der Waals surface area contributed by atoms with Gasteiger partial charge in [0.25, 0.3) is 0 Å². The Balaban J connectivity index is 1.69. The molecule has 0 amide bonds. The first-order valence-electron chi connectivity index (χ1n) is 7.77. The van der Waals surface area contributed by atoms with Crippen molar-refractivity contribution in [2.75, 3.05) is 53.0 Å². The van der Waals surface area contributed by atoms with Gasteiger partial charge in [0.2, 0.25) is 0 Å². The van der Waals surface area contributed by atoms with Gasteiger partial charge in [0, 0.05) is 58.6 Å². The van der Waals surface area contributed by atoms with Crippen LogP contribution in [0, 0.1) is 6.92 Å². The molecule has 1 N–H and O–H groups in total. The Hall–Kier alpha value is -1.08. The Bertz CT molecular complexity index is 473. The summed E-state index contributed by atoms with van der Waals surface area (Å²) in [4.78, 5) is 14.5. The standard InChI is InChI=1S/C15H25N5O/c1-12-9-13(10-16-3-8-21-2)18-15(17-12)14-11-19-4-6-20(14)7-5-19/h9,14,16H,3-8,10-11H2,1-2H3. The molecule has 4 heterocycles. The highest BCUT2D eigenvalue weighted by Gasteiger charge is 2.34. The number of fused-ring (bicyclic) bond motifs is 3. The normalized spacial score (nSPS) is 28.0. The molecule has 21 heavy (non-hydrogen) atoms. The summed E-state index contributed by atoms with van der Waals surface area (Å²) in [6.45, 7) is 10.1. The minimum Gasteiger partial charge on any atom is -0.383 e. The van der Waals surface area contributed by atoms with Crippen LogP contribution < -0.4 is 5.32 Å². The maximum Gasteiger partial charge on any atom is 0.147 e. The van der Waals surface area contributed by atoms with Crippen LogP contribution in [0.5, 0.6) is 0 Å². The first kappa shape index (κ1) is 14.8. The molecule has 6 nitrogen and oxygen atoms in total. The van der Waals surface area contributed by atoms with E-state index in [1.54, 1.807) is 7.11 Å². The van der Waals surface area contributed by atoms with Crippen LogP contribution in [0.4, 0.5) is 0 Å². The topological polar surface area (TPSA) is 53.5 Å². The number of hydrogen-bond acceptors (Lipinski definition) is 6. The van der Waals surface area contributed by atoms with Gasteiger partial charge in [-0.1, -0.05) is 0 Å². The molecule has 0 saturated carbocycles. The lowest BCUT2D eigenvalue weighted by Gasteiger charge is -2.46. The molecule has 1 atom stereocenters. The van der Waals surface area contributed by atoms with E-state index in [9.17, 15) is 0 Å². The summed E-state index contributed by atoms with van der Waals surface area (Å²) in [6, 6.07) is 2.44. The fourth-order valence-corrected chi connectivity index (χ4v) is 3.15. The lowest BCUT2D eigenvalue weighted by atomic mass is 10.1. The van der Waals surface area contributed by atoms with E-state index in [0.29, 0.717) is 6.04 Å². The Kier molecular flexibility index (Phi) is 4.80. The van der Waals surface area contributed by atoms with Crippen molar-refractivity contribution in [1.82, 2.24) is 25.1 Å². The largest absolute Gasteiger partial charge is 0.383 e. The second-order valence-corrected chi connectivity index (χ2v) is 5.88. The summed E-state index contributed by atoms with van der Waals surface area (Å²) in [5.41, 5.74) is 2.13. The molecule has 0 radical (unpaired) electrons. The summed E-state index contributed by atoms with van der Waals surface area (Å²) in [5, 5.41) is 3.35. The van der Waals surface area contributed by atoms with Crippen LogP contribution in [0.2, 0.25) is 0 Å². The van der Waals surface area contributed by atoms with Gasteiger partial charge in [-0.3, -0.25) is 9.80 Å². The second-order valence-electron chi connectivity index (χ2n) is 5.88. The average Bonchev–Trinajstić information content (AvgIpc) is 2.52.